The first-order valence-electron chi connectivity index (χ1n) is 7.23. The Hall–Kier alpha value is 3.24. The molecule has 0 fully saturated rings. The molecule has 0 radical (unpaired) electrons. The summed E-state index contributed by atoms with van der Waals surface area (Å²) in [7, 11) is 0. The van der Waals surface area contributed by atoms with Crippen molar-refractivity contribution in [2.24, 2.45) is 0 Å². The summed E-state index contributed by atoms with van der Waals surface area (Å²) in [6.07, 6.45) is 0. The van der Waals surface area contributed by atoms with E-state index in [1.54, 1.807) is 20.3 Å². The molecule has 138 valence electrons. The van der Waals surface area contributed by atoms with Crippen LogP contribution in [-0.2, 0) is 0 Å². The first-order valence-corrected chi connectivity index (χ1v) is 20.9. The maximum absolute atomic E-state index is 2.35. The van der Waals surface area contributed by atoms with Crippen LogP contribution in [0.5, 0.6) is 0 Å². The molecular weight excluding hydrogens is 647 g/mol. The van der Waals surface area contributed by atoms with Crippen molar-refractivity contribution in [3.8, 4) is 0 Å². The predicted molar refractivity (Wildman–Crippen MR) is 144 cm³/mol. The second-order valence-corrected chi connectivity index (χ2v) is 21.8. The molecule has 0 aliphatic carbocycles. The molecule has 5 rings (SSSR count). The molecule has 12 heteroatoms. The van der Waals surface area contributed by atoms with Gasteiger partial charge in [0.15, 0.2) is 0 Å². The summed E-state index contributed by atoms with van der Waals surface area (Å²) in [5, 5.41) is 0. The number of hydrogen-bond acceptors (Lipinski definition) is 10. The van der Waals surface area contributed by atoms with Crippen LogP contribution in [0.15, 0.2) is 41.5 Å². The third kappa shape index (κ3) is 4.27. The summed E-state index contributed by atoms with van der Waals surface area (Å²) < 4.78 is 15.6. The molecule has 0 spiro atoms. The van der Waals surface area contributed by atoms with E-state index in [1.165, 1.54) is 32.7 Å². The summed E-state index contributed by atoms with van der Waals surface area (Å²) in [5.74, 6) is 7.24. The molecule has 0 atom stereocenters. The molecule has 0 nitrogen and oxygen atoms in total. The van der Waals surface area contributed by atoms with Crippen molar-refractivity contribution in [3.63, 3.8) is 0 Å². The molecule has 5 heterocycles. The third-order valence-electron chi connectivity index (χ3n) is 3.24. The van der Waals surface area contributed by atoms with Gasteiger partial charge < -0.3 is 0 Å². The first-order chi connectivity index (χ1) is 12.7. The average molecular weight is 657 g/mol. The fourth-order valence-electron chi connectivity index (χ4n) is 2.16. The van der Waals surface area contributed by atoms with Crippen molar-refractivity contribution in [1.29, 1.82) is 0 Å². The quantitative estimate of drug-likeness (QED) is 0.264. The van der Waals surface area contributed by atoms with Crippen LogP contribution < -0.4 is 0 Å². The van der Waals surface area contributed by atoms with Crippen molar-refractivity contribution in [3.05, 3.63) is 41.5 Å². The maximum atomic E-state index is 2.35. The van der Waals surface area contributed by atoms with E-state index in [0.29, 0.717) is 29.9 Å². The zero-order valence-electron chi connectivity index (χ0n) is 13.3. The monoisotopic (exact) mass is 658 g/mol. The molecule has 5 aliphatic rings. The van der Waals surface area contributed by atoms with E-state index in [0.717, 1.165) is 0 Å². The molecule has 0 saturated heterocycles. The molecule has 0 unspecified atom stereocenters. The molecule has 0 aromatic carbocycles. The summed E-state index contributed by atoms with van der Waals surface area (Å²) in [4.78, 5) is 0. The number of rotatable bonds is 2. The van der Waals surface area contributed by atoms with Gasteiger partial charge in [0.25, 0.3) is 0 Å². The zero-order valence-corrected chi connectivity index (χ0v) is 24.9. The number of hydrogen-bond donors (Lipinski definition) is 0. The van der Waals surface area contributed by atoms with E-state index in [9.17, 15) is 0 Å². The van der Waals surface area contributed by atoms with Gasteiger partial charge in [-0.25, -0.2) is 0 Å². The molecule has 0 bridgehead atoms. The van der Waals surface area contributed by atoms with E-state index in [1.807, 2.05) is 94.1 Å². The normalized spacial score (nSPS) is 26.1. The Labute approximate surface area is 209 Å². The van der Waals surface area contributed by atoms with Crippen LogP contribution >= 0.6 is 118 Å². The minimum absolute atomic E-state index is 0.636. The molecule has 0 amide bonds. The standard InChI is InChI=1S/C14H10S10Se2/c1-25-13-14(26-2)24-12(23-13)11-21-9-10(22-11)20-8(19-9)7-17-5-6(18-7)16-4-3-15-5/h3-4H2,1-2H3. The van der Waals surface area contributed by atoms with Gasteiger partial charge in [-0.3, -0.25) is 0 Å². The second kappa shape index (κ2) is 9.39. The predicted octanol–water partition coefficient (Wildman–Crippen LogP) is 8.52. The first kappa shape index (κ1) is 21.1. The molecule has 0 saturated carbocycles. The molecular formula is C14H10S10Se2. The SMILES string of the molecule is C[Se]C1=C([Se]C)SC(=C2SC3=C(SC(=C4SC5=C(SCCS5)S4)S3)S2)S1. The van der Waals surface area contributed by atoms with Gasteiger partial charge in [0.2, 0.25) is 0 Å². The minimum atomic E-state index is 0.636. The average Bonchev–Trinajstić information content (AvgIpc) is 3.39. The fraction of sp³-hybridized carbons (Fsp3) is 0.286. The Bertz CT molecular complexity index is 729. The summed E-state index contributed by atoms with van der Waals surface area (Å²) in [6.45, 7) is 0. The fourth-order valence-corrected chi connectivity index (χ4v) is 23.9. The van der Waals surface area contributed by atoms with Gasteiger partial charge >= 0.3 is 201 Å². The van der Waals surface area contributed by atoms with E-state index < -0.39 is 0 Å². The Kier molecular flexibility index (Phi) is 7.62. The third-order valence-corrected chi connectivity index (χ3v) is 24.3. The number of thioether (sulfide) groups is 10. The second-order valence-electron chi connectivity index (χ2n) is 4.80. The summed E-state index contributed by atoms with van der Waals surface area (Å²) in [5.41, 5.74) is 0. The van der Waals surface area contributed by atoms with Crippen LogP contribution in [-0.4, -0.2) is 41.4 Å². The van der Waals surface area contributed by atoms with Gasteiger partial charge in [0, 0.05) is 11.5 Å². The van der Waals surface area contributed by atoms with Crippen LogP contribution in [0.2, 0.25) is 11.6 Å². The Balaban J connectivity index is 1.27. The Morgan fingerprint density at radius 2 is 0.769 bits per heavy atom. The summed E-state index contributed by atoms with van der Waals surface area (Å²) >= 11 is 21.6. The van der Waals surface area contributed by atoms with Gasteiger partial charge in [0.05, 0.1) is 0 Å². The van der Waals surface area contributed by atoms with E-state index in [4.69, 9.17) is 0 Å². The van der Waals surface area contributed by atoms with Crippen molar-refractivity contribution in [2.45, 2.75) is 11.6 Å². The van der Waals surface area contributed by atoms with Crippen LogP contribution in [0.25, 0.3) is 0 Å². The van der Waals surface area contributed by atoms with E-state index in [-0.39, 0.29) is 0 Å². The van der Waals surface area contributed by atoms with Crippen molar-refractivity contribution < 1.29 is 0 Å². The van der Waals surface area contributed by atoms with E-state index >= 15 is 0 Å². The van der Waals surface area contributed by atoms with Crippen LogP contribution in [0.4, 0.5) is 0 Å². The summed E-state index contributed by atoms with van der Waals surface area (Å²) in [6, 6.07) is 0. The van der Waals surface area contributed by atoms with Crippen molar-refractivity contribution in [1.82, 2.24) is 0 Å². The van der Waals surface area contributed by atoms with Gasteiger partial charge in [0.1, 0.15) is 0 Å². The van der Waals surface area contributed by atoms with Gasteiger partial charge in [-0.2, -0.15) is 0 Å². The van der Waals surface area contributed by atoms with Gasteiger partial charge in [-0.15, -0.1) is 0 Å². The van der Waals surface area contributed by atoms with Gasteiger partial charge in [-0.1, -0.05) is 0 Å². The molecule has 0 N–H and O–H groups in total. The Morgan fingerprint density at radius 3 is 1.12 bits per heavy atom. The molecule has 26 heavy (non-hydrogen) atoms. The van der Waals surface area contributed by atoms with Crippen LogP contribution in [0, 0.1) is 0 Å². The van der Waals surface area contributed by atoms with Crippen LogP contribution in [0.1, 0.15) is 0 Å². The van der Waals surface area contributed by atoms with Crippen molar-refractivity contribution in [2.75, 3.05) is 11.5 Å². The molecule has 0 aromatic heterocycles. The molecule has 0 aromatic rings. The van der Waals surface area contributed by atoms with Gasteiger partial charge in [-0.05, 0) is 0 Å². The van der Waals surface area contributed by atoms with E-state index in [2.05, 4.69) is 35.2 Å². The van der Waals surface area contributed by atoms with Crippen LogP contribution in [0.3, 0.4) is 0 Å². The molecule has 5 aliphatic heterocycles. The van der Waals surface area contributed by atoms with Crippen molar-refractivity contribution >= 4 is 148 Å². The zero-order chi connectivity index (χ0) is 17.7. The Morgan fingerprint density at radius 1 is 0.462 bits per heavy atom. The topological polar surface area (TPSA) is 0 Å².